The van der Waals surface area contributed by atoms with E-state index in [0.29, 0.717) is 31.3 Å². The second-order valence-electron chi connectivity index (χ2n) is 13.4. The number of likely N-dealkylation sites (tertiary alicyclic amines) is 1. The molecule has 0 saturated carbocycles. The summed E-state index contributed by atoms with van der Waals surface area (Å²) in [5, 5.41) is 0. The molecule has 45 heavy (non-hydrogen) atoms. The van der Waals surface area contributed by atoms with Gasteiger partial charge < -0.3 is 29.2 Å². The predicted molar refractivity (Wildman–Crippen MR) is 172 cm³/mol. The normalized spacial score (nSPS) is 24.9. The lowest BCUT2D eigenvalue weighted by atomic mass is 9.91. The Hall–Kier alpha value is -3.73. The number of hydrogen-bond acceptors (Lipinski definition) is 8. The van der Waals surface area contributed by atoms with E-state index in [-0.39, 0.29) is 24.5 Å². The average Bonchev–Trinajstić information content (AvgIpc) is 3.05. The summed E-state index contributed by atoms with van der Waals surface area (Å²) in [7, 11) is 3.91. The minimum atomic E-state index is -1.01. The molecule has 0 spiro atoms. The molecule has 7 rings (SSSR count). The summed E-state index contributed by atoms with van der Waals surface area (Å²) in [6.45, 7) is 8.54. The van der Waals surface area contributed by atoms with Gasteiger partial charge in [0.05, 0.1) is 24.5 Å². The molecule has 2 amide bonds. The van der Waals surface area contributed by atoms with Crippen LogP contribution in [0.1, 0.15) is 61.4 Å². The van der Waals surface area contributed by atoms with Gasteiger partial charge in [-0.3, -0.25) is 9.59 Å². The Bertz CT molecular complexity index is 1530. The second-order valence-corrected chi connectivity index (χ2v) is 13.4. The average molecular weight is 618 g/mol. The van der Waals surface area contributed by atoms with E-state index >= 15 is 0 Å². The Morgan fingerprint density at radius 3 is 2.69 bits per heavy atom. The molecule has 0 aromatic carbocycles. The summed E-state index contributed by atoms with van der Waals surface area (Å²) in [5.74, 6) is -0.383. The minimum absolute atomic E-state index is 0.0951. The maximum absolute atomic E-state index is 14.0. The van der Waals surface area contributed by atoms with Crippen LogP contribution < -0.4 is 19.4 Å². The van der Waals surface area contributed by atoms with Crippen molar-refractivity contribution >= 4 is 29.0 Å². The number of ether oxygens (including phenoxy) is 1. The first-order valence-corrected chi connectivity index (χ1v) is 16.5. The molecule has 11 heteroatoms. The lowest BCUT2D eigenvalue weighted by Gasteiger charge is -2.51. The maximum atomic E-state index is 14.0. The molecule has 2 saturated heterocycles. The molecule has 6 heterocycles. The summed E-state index contributed by atoms with van der Waals surface area (Å²) < 4.78 is 20.6. The van der Waals surface area contributed by atoms with Crippen LogP contribution in [0.2, 0.25) is 0 Å². The van der Waals surface area contributed by atoms with Gasteiger partial charge in [0.2, 0.25) is 5.88 Å². The summed E-state index contributed by atoms with van der Waals surface area (Å²) in [5.41, 5.74) is 6.46. The molecule has 10 nitrogen and oxygen atoms in total. The Balaban J connectivity index is 1.29. The molecule has 2 aromatic heterocycles. The summed E-state index contributed by atoms with van der Waals surface area (Å²) >= 11 is 0. The fraction of sp³-hybridized carbons (Fsp3) is 0.588. The van der Waals surface area contributed by atoms with E-state index < -0.39 is 17.8 Å². The SMILES string of the molecule is C=C(F)C(=O)N1C[C@@H]2C(=O)N(C)c3c(OC[C@@H]4CCCCN4C)nc4c(c3N2C[C@H]1C)CCN(c1nccc2c1CCCC2)C4. The summed E-state index contributed by atoms with van der Waals surface area (Å²) in [6, 6.07) is 1.50. The van der Waals surface area contributed by atoms with Crippen LogP contribution in [0.15, 0.2) is 24.7 Å². The van der Waals surface area contributed by atoms with Crippen molar-refractivity contribution in [3.05, 3.63) is 47.1 Å². The number of aromatic nitrogens is 2. The monoisotopic (exact) mass is 617 g/mol. The van der Waals surface area contributed by atoms with Crippen molar-refractivity contribution in [2.45, 2.75) is 83.0 Å². The van der Waals surface area contributed by atoms with Crippen molar-refractivity contribution in [3.63, 3.8) is 0 Å². The van der Waals surface area contributed by atoms with Crippen molar-refractivity contribution in [2.24, 2.45) is 0 Å². The Morgan fingerprint density at radius 1 is 1.07 bits per heavy atom. The zero-order valence-electron chi connectivity index (χ0n) is 26.7. The van der Waals surface area contributed by atoms with Gasteiger partial charge in [-0.05, 0) is 82.7 Å². The smallest absolute Gasteiger partial charge is 0.282 e. The highest BCUT2D eigenvalue weighted by molar-refractivity contribution is 6.08. The van der Waals surface area contributed by atoms with Crippen molar-refractivity contribution in [2.75, 3.05) is 61.6 Å². The third-order valence-corrected chi connectivity index (χ3v) is 10.6. The van der Waals surface area contributed by atoms with Gasteiger partial charge in [0.25, 0.3) is 11.8 Å². The summed E-state index contributed by atoms with van der Waals surface area (Å²) in [6.07, 6.45) is 10.6. The number of anilines is 3. The molecular weight excluding hydrogens is 573 g/mol. The molecule has 2 fully saturated rings. The Morgan fingerprint density at radius 2 is 1.89 bits per heavy atom. The number of rotatable bonds is 5. The van der Waals surface area contributed by atoms with Crippen molar-refractivity contribution in [1.82, 2.24) is 19.8 Å². The van der Waals surface area contributed by atoms with Crippen molar-refractivity contribution in [3.8, 4) is 5.88 Å². The van der Waals surface area contributed by atoms with E-state index in [9.17, 15) is 14.0 Å². The number of fused-ring (bicyclic) bond motifs is 6. The molecule has 0 N–H and O–H groups in total. The number of carbonyl (C=O) groups is 2. The van der Waals surface area contributed by atoms with Gasteiger partial charge in [0.15, 0.2) is 5.83 Å². The third kappa shape index (κ3) is 5.22. The molecule has 1 aliphatic carbocycles. The van der Waals surface area contributed by atoms with E-state index in [2.05, 4.69) is 34.4 Å². The quantitative estimate of drug-likeness (QED) is 0.471. The van der Waals surface area contributed by atoms with Crippen molar-refractivity contribution in [1.29, 1.82) is 0 Å². The number of nitrogens with zero attached hydrogens (tertiary/aromatic N) is 7. The number of piperazine rings is 1. The Kier molecular flexibility index (Phi) is 7.91. The van der Waals surface area contributed by atoms with E-state index in [1.54, 1.807) is 11.9 Å². The van der Waals surface area contributed by atoms with E-state index in [4.69, 9.17) is 14.7 Å². The number of pyridine rings is 2. The van der Waals surface area contributed by atoms with Crippen LogP contribution in [-0.4, -0.2) is 96.6 Å². The highest BCUT2D eigenvalue weighted by Crippen LogP contribution is 2.48. The number of piperidine rings is 1. The highest BCUT2D eigenvalue weighted by Gasteiger charge is 2.47. The topological polar surface area (TPSA) is 85.4 Å². The van der Waals surface area contributed by atoms with E-state index in [1.165, 1.54) is 41.7 Å². The predicted octanol–water partition coefficient (Wildman–Crippen LogP) is 3.65. The number of aryl methyl sites for hydroxylation is 1. The minimum Gasteiger partial charge on any atom is -0.474 e. The van der Waals surface area contributed by atoms with E-state index in [1.807, 2.05) is 13.1 Å². The standard InChI is InChI=1S/C34H44FN7O3/c1-21-17-42-28(19-41(21)33(43)22(2)35)34(44)39(4)30-29(42)26-13-16-40(31-25-11-6-5-9-23(25)12-14-36-31)18-27(26)37-32(30)45-20-24-10-7-8-15-38(24)3/h12,14,21,24,28H,2,5-11,13,15-20H2,1,3-4H3/t21-,24+,28-/m1/s1. The van der Waals surface area contributed by atoms with Gasteiger partial charge >= 0.3 is 0 Å². The van der Waals surface area contributed by atoms with Crippen LogP contribution in [0.25, 0.3) is 0 Å². The molecule has 3 atom stereocenters. The van der Waals surface area contributed by atoms with Gasteiger partial charge in [0.1, 0.15) is 24.2 Å². The van der Waals surface area contributed by atoms with Gasteiger partial charge in [0, 0.05) is 44.0 Å². The largest absolute Gasteiger partial charge is 0.474 e. The van der Waals surface area contributed by atoms with Crippen LogP contribution in [0.3, 0.4) is 0 Å². The second kappa shape index (κ2) is 11.9. The fourth-order valence-electron chi connectivity index (χ4n) is 8.07. The number of halogens is 1. The maximum Gasteiger partial charge on any atom is 0.282 e. The van der Waals surface area contributed by atoms with Crippen LogP contribution in [0, 0.1) is 0 Å². The highest BCUT2D eigenvalue weighted by atomic mass is 19.1. The van der Waals surface area contributed by atoms with Crippen molar-refractivity contribution < 1.29 is 18.7 Å². The lowest BCUT2D eigenvalue weighted by Crippen LogP contribution is -2.66. The molecular formula is C34H44FN7O3. The molecule has 240 valence electrons. The van der Waals surface area contributed by atoms with Gasteiger partial charge in [-0.1, -0.05) is 13.0 Å². The number of carbonyl (C=O) groups excluding carboxylic acids is 2. The molecule has 0 bridgehead atoms. The summed E-state index contributed by atoms with van der Waals surface area (Å²) in [4.78, 5) is 46.6. The molecule has 5 aliphatic rings. The van der Waals surface area contributed by atoms with Gasteiger partial charge in [-0.15, -0.1) is 0 Å². The van der Waals surface area contributed by atoms with Gasteiger partial charge in [-0.25, -0.2) is 14.4 Å². The molecule has 2 aromatic rings. The first kappa shape index (κ1) is 30.0. The number of amides is 2. The van der Waals surface area contributed by atoms with Crippen LogP contribution >= 0.6 is 0 Å². The third-order valence-electron chi connectivity index (χ3n) is 10.6. The van der Waals surface area contributed by atoms with Crippen LogP contribution in [0.5, 0.6) is 5.88 Å². The van der Waals surface area contributed by atoms with Crippen LogP contribution in [-0.2, 0) is 35.4 Å². The van der Waals surface area contributed by atoms with Gasteiger partial charge in [-0.2, -0.15) is 0 Å². The van der Waals surface area contributed by atoms with E-state index in [0.717, 1.165) is 61.5 Å². The first-order chi connectivity index (χ1) is 21.7. The zero-order valence-corrected chi connectivity index (χ0v) is 26.7. The molecule has 4 aliphatic heterocycles. The van der Waals surface area contributed by atoms with Crippen LogP contribution in [0.4, 0.5) is 21.6 Å². The lowest BCUT2D eigenvalue weighted by molar-refractivity contribution is -0.133. The number of likely N-dealkylation sites (N-methyl/N-ethyl adjacent to an activating group) is 2. The molecule has 0 radical (unpaired) electrons. The first-order valence-electron chi connectivity index (χ1n) is 16.5. The fourth-order valence-corrected chi connectivity index (χ4v) is 8.07. The zero-order chi connectivity index (χ0) is 31.4. The molecule has 0 unspecified atom stereocenters. The Labute approximate surface area is 264 Å². The number of hydrogen-bond donors (Lipinski definition) is 0.